The number of allylic oxidation sites excluding steroid dienone is 9. The van der Waals surface area contributed by atoms with E-state index in [1.807, 2.05) is 6.92 Å². The first-order valence-corrected chi connectivity index (χ1v) is 11.2. The van der Waals surface area contributed by atoms with Gasteiger partial charge in [-0.15, -0.1) is 0 Å². The molecule has 0 saturated heterocycles. The second-order valence-corrected chi connectivity index (χ2v) is 9.19. The Labute approximate surface area is 179 Å². The molecule has 29 heavy (non-hydrogen) atoms. The summed E-state index contributed by atoms with van der Waals surface area (Å²) >= 11 is 0. The molecule has 0 amide bonds. The highest BCUT2D eigenvalue weighted by Gasteiger charge is 2.26. The molecule has 162 valence electrons. The molecule has 2 atom stereocenters. The van der Waals surface area contributed by atoms with Crippen molar-refractivity contribution in [2.24, 2.45) is 11.8 Å². The van der Waals surface area contributed by atoms with Gasteiger partial charge in [-0.3, -0.25) is 4.79 Å². The van der Waals surface area contributed by atoms with Gasteiger partial charge in [-0.2, -0.15) is 0 Å². The highest BCUT2D eigenvalue weighted by Crippen LogP contribution is 2.26. The number of hydrogen-bond acceptors (Lipinski definition) is 2. The summed E-state index contributed by atoms with van der Waals surface area (Å²) in [6, 6.07) is 0. The van der Waals surface area contributed by atoms with Gasteiger partial charge in [0, 0.05) is 6.42 Å². The van der Waals surface area contributed by atoms with E-state index in [1.165, 1.54) is 36.0 Å². The normalized spacial score (nSPS) is 22.0. The fourth-order valence-electron chi connectivity index (χ4n) is 3.64. The van der Waals surface area contributed by atoms with E-state index in [1.54, 1.807) is 6.08 Å². The van der Waals surface area contributed by atoms with Crippen LogP contribution in [-0.4, -0.2) is 17.0 Å². The second-order valence-electron chi connectivity index (χ2n) is 9.19. The maximum Gasteiger partial charge on any atom is 0.156 e. The zero-order valence-corrected chi connectivity index (χ0v) is 19.5. The molecule has 2 heteroatoms. The van der Waals surface area contributed by atoms with Crippen LogP contribution in [-0.2, 0) is 4.79 Å². The summed E-state index contributed by atoms with van der Waals surface area (Å²) in [5, 5.41) is 10.2. The highest BCUT2D eigenvalue weighted by molar-refractivity contribution is 5.91. The predicted molar refractivity (Wildman–Crippen MR) is 126 cm³/mol. The minimum atomic E-state index is -0.496. The zero-order valence-electron chi connectivity index (χ0n) is 19.5. The summed E-state index contributed by atoms with van der Waals surface area (Å²) in [6.07, 6.45) is 19.2. The van der Waals surface area contributed by atoms with Gasteiger partial charge in [-0.05, 0) is 83.3 Å². The van der Waals surface area contributed by atoms with Crippen LogP contribution in [0, 0.1) is 11.8 Å². The van der Waals surface area contributed by atoms with Crippen molar-refractivity contribution in [3.05, 3.63) is 58.7 Å². The van der Waals surface area contributed by atoms with Gasteiger partial charge in [0.2, 0.25) is 0 Å². The van der Waals surface area contributed by atoms with E-state index in [-0.39, 0.29) is 11.7 Å². The van der Waals surface area contributed by atoms with Gasteiger partial charge in [-0.1, -0.05) is 67.4 Å². The topological polar surface area (TPSA) is 37.3 Å². The molecule has 0 radical (unpaired) electrons. The number of hydrogen-bond donors (Lipinski definition) is 1. The SMILES string of the molecule is CC1=CC(=O)C[C@@H](C/C=C(C)/C=C/C=C(\C)CC/C=C(\C)CCCC(C)C)[C@H]1O. The van der Waals surface area contributed by atoms with E-state index in [9.17, 15) is 9.90 Å². The van der Waals surface area contributed by atoms with Crippen LogP contribution in [0.4, 0.5) is 0 Å². The van der Waals surface area contributed by atoms with E-state index in [4.69, 9.17) is 0 Å². The number of aliphatic hydroxyl groups excluding tert-OH is 1. The Kier molecular flexibility index (Phi) is 11.8. The minimum absolute atomic E-state index is 0.00342. The molecule has 0 aliphatic heterocycles. The summed E-state index contributed by atoms with van der Waals surface area (Å²) < 4.78 is 0. The molecule has 0 aromatic heterocycles. The Morgan fingerprint density at radius 2 is 1.90 bits per heavy atom. The number of carbonyl (C=O) groups is 1. The molecule has 0 fully saturated rings. The molecule has 0 aromatic rings. The standard InChI is InChI=1S/C27H42O2/c1-20(2)10-7-11-21(3)12-8-13-22(4)14-9-15-23(5)16-17-25-19-26(28)18-24(6)27(25)29/h9,12,14-16,18,20,25,27,29H,7-8,10-11,13,17,19H2,1-6H3/b15-9+,21-12+,22-14+,23-16+/t25-,27+/m1/s1. The lowest BCUT2D eigenvalue weighted by Gasteiger charge is -2.25. The fraction of sp³-hybridized carbons (Fsp3) is 0.593. The molecule has 0 unspecified atom stereocenters. The van der Waals surface area contributed by atoms with Crippen molar-refractivity contribution in [3.63, 3.8) is 0 Å². The highest BCUT2D eigenvalue weighted by atomic mass is 16.3. The molecular weight excluding hydrogens is 356 g/mol. The van der Waals surface area contributed by atoms with Gasteiger partial charge < -0.3 is 5.11 Å². The zero-order chi connectivity index (χ0) is 21.8. The molecule has 0 aromatic carbocycles. The molecule has 1 rings (SSSR count). The Morgan fingerprint density at radius 3 is 2.59 bits per heavy atom. The Hall–Kier alpha value is -1.67. The first-order valence-electron chi connectivity index (χ1n) is 11.2. The minimum Gasteiger partial charge on any atom is -0.388 e. The average Bonchev–Trinajstić information content (AvgIpc) is 2.63. The van der Waals surface area contributed by atoms with E-state index >= 15 is 0 Å². The lowest BCUT2D eigenvalue weighted by molar-refractivity contribution is -0.117. The summed E-state index contributed by atoms with van der Waals surface area (Å²) in [4.78, 5) is 11.7. The van der Waals surface area contributed by atoms with Crippen LogP contribution in [0.1, 0.15) is 86.5 Å². The van der Waals surface area contributed by atoms with Gasteiger partial charge >= 0.3 is 0 Å². The van der Waals surface area contributed by atoms with Gasteiger partial charge in [0.15, 0.2) is 5.78 Å². The van der Waals surface area contributed by atoms with Crippen molar-refractivity contribution in [3.8, 4) is 0 Å². The van der Waals surface area contributed by atoms with Crippen molar-refractivity contribution in [2.75, 3.05) is 0 Å². The van der Waals surface area contributed by atoms with Gasteiger partial charge in [0.1, 0.15) is 0 Å². The summed E-state index contributed by atoms with van der Waals surface area (Å²) in [6.45, 7) is 12.9. The van der Waals surface area contributed by atoms with E-state index in [2.05, 4.69) is 65.0 Å². The van der Waals surface area contributed by atoms with Crippen LogP contribution in [0.15, 0.2) is 58.7 Å². The van der Waals surface area contributed by atoms with Crippen LogP contribution in [0.3, 0.4) is 0 Å². The predicted octanol–water partition coefficient (Wildman–Crippen LogP) is 7.27. The lowest BCUT2D eigenvalue weighted by Crippen LogP contribution is -2.28. The van der Waals surface area contributed by atoms with Crippen LogP contribution < -0.4 is 0 Å². The third-order valence-electron chi connectivity index (χ3n) is 5.63. The molecule has 2 nitrogen and oxygen atoms in total. The molecule has 0 heterocycles. The third-order valence-corrected chi connectivity index (χ3v) is 5.63. The Morgan fingerprint density at radius 1 is 1.17 bits per heavy atom. The number of ketones is 1. The monoisotopic (exact) mass is 398 g/mol. The largest absolute Gasteiger partial charge is 0.388 e. The molecule has 0 saturated carbocycles. The molecule has 1 N–H and O–H groups in total. The van der Waals surface area contributed by atoms with Gasteiger partial charge in [0.05, 0.1) is 6.10 Å². The summed E-state index contributed by atoms with van der Waals surface area (Å²) in [5.41, 5.74) is 4.85. The van der Waals surface area contributed by atoms with E-state index in [0.29, 0.717) is 6.42 Å². The molecule has 0 bridgehead atoms. The fourth-order valence-corrected chi connectivity index (χ4v) is 3.64. The van der Waals surface area contributed by atoms with Crippen molar-refractivity contribution in [1.29, 1.82) is 0 Å². The number of rotatable bonds is 11. The first kappa shape index (κ1) is 25.4. The summed E-state index contributed by atoms with van der Waals surface area (Å²) in [5.74, 6) is 0.930. The number of aliphatic hydroxyl groups is 1. The summed E-state index contributed by atoms with van der Waals surface area (Å²) in [7, 11) is 0. The first-order chi connectivity index (χ1) is 13.7. The van der Waals surface area contributed by atoms with Crippen molar-refractivity contribution >= 4 is 5.78 Å². The van der Waals surface area contributed by atoms with Gasteiger partial charge in [-0.25, -0.2) is 0 Å². The quantitative estimate of drug-likeness (QED) is 0.293. The van der Waals surface area contributed by atoms with E-state index in [0.717, 1.165) is 30.8 Å². The molecule has 0 spiro atoms. The maximum atomic E-state index is 11.7. The van der Waals surface area contributed by atoms with Crippen LogP contribution in [0.25, 0.3) is 0 Å². The lowest BCUT2D eigenvalue weighted by atomic mass is 9.83. The van der Waals surface area contributed by atoms with Crippen molar-refractivity contribution < 1.29 is 9.90 Å². The molecular formula is C27H42O2. The third kappa shape index (κ3) is 11.2. The average molecular weight is 399 g/mol. The van der Waals surface area contributed by atoms with Crippen LogP contribution in [0.2, 0.25) is 0 Å². The number of carbonyl (C=O) groups excluding carboxylic acids is 1. The van der Waals surface area contributed by atoms with Crippen LogP contribution in [0.5, 0.6) is 0 Å². The molecule has 1 aliphatic carbocycles. The maximum absolute atomic E-state index is 11.7. The van der Waals surface area contributed by atoms with Crippen molar-refractivity contribution in [1.82, 2.24) is 0 Å². The molecule has 1 aliphatic rings. The van der Waals surface area contributed by atoms with Gasteiger partial charge in [0.25, 0.3) is 0 Å². The van der Waals surface area contributed by atoms with Crippen LogP contribution >= 0.6 is 0 Å². The second kappa shape index (κ2) is 13.5. The van der Waals surface area contributed by atoms with E-state index < -0.39 is 6.10 Å². The smallest absolute Gasteiger partial charge is 0.156 e. The van der Waals surface area contributed by atoms with Crippen molar-refractivity contribution in [2.45, 2.75) is 92.6 Å². The Balaban J connectivity index is 2.40. The Bertz CT molecular complexity index is 671.